The number of pyridine rings is 1. The molecule has 0 atom stereocenters. The van der Waals surface area contributed by atoms with Crippen molar-refractivity contribution in [3.63, 3.8) is 0 Å². The van der Waals surface area contributed by atoms with Gasteiger partial charge in [-0.3, -0.25) is 4.79 Å². The van der Waals surface area contributed by atoms with Crippen molar-refractivity contribution in [1.29, 1.82) is 0 Å². The van der Waals surface area contributed by atoms with E-state index in [0.717, 1.165) is 0 Å². The minimum absolute atomic E-state index is 0.0413. The van der Waals surface area contributed by atoms with Crippen molar-refractivity contribution in [2.24, 2.45) is 7.05 Å². The number of ether oxygens (including phenoxy) is 2. The molecule has 0 radical (unpaired) electrons. The first kappa shape index (κ1) is 17.7. The number of nitrogens with zero attached hydrogens (tertiary/aromatic N) is 3. The van der Waals surface area contributed by atoms with Crippen molar-refractivity contribution in [1.82, 2.24) is 14.7 Å². The van der Waals surface area contributed by atoms with Crippen LogP contribution in [0.4, 0.5) is 4.39 Å². The lowest BCUT2D eigenvalue weighted by Gasteiger charge is -2.07. The van der Waals surface area contributed by atoms with Crippen molar-refractivity contribution in [2.75, 3.05) is 14.2 Å². The number of fused-ring (bicyclic) bond motifs is 1. The Morgan fingerprint density at radius 1 is 1.07 bits per heavy atom. The van der Waals surface area contributed by atoms with Gasteiger partial charge in [-0.15, -0.1) is 0 Å². The zero-order valence-electron chi connectivity index (χ0n) is 15.4. The van der Waals surface area contributed by atoms with Crippen LogP contribution in [0.3, 0.4) is 0 Å². The van der Waals surface area contributed by atoms with Gasteiger partial charge in [-0.1, -0.05) is 5.16 Å². The van der Waals surface area contributed by atoms with Crippen LogP contribution in [0.5, 0.6) is 11.5 Å². The van der Waals surface area contributed by atoms with Gasteiger partial charge in [-0.25, -0.2) is 4.39 Å². The zero-order valence-corrected chi connectivity index (χ0v) is 15.4. The third-order valence-electron chi connectivity index (χ3n) is 4.46. The Bertz CT molecular complexity index is 1250. The number of hydrogen-bond acceptors (Lipinski definition) is 6. The summed E-state index contributed by atoms with van der Waals surface area (Å²) in [4.78, 5) is 17.2. The molecule has 0 aliphatic heterocycles. The molecule has 4 aromatic rings. The number of hydrogen-bond donors (Lipinski definition) is 0. The lowest BCUT2D eigenvalue weighted by molar-refractivity contribution is 0.394. The third kappa shape index (κ3) is 2.88. The maximum atomic E-state index is 13.6. The fraction of sp³-hybridized carbons (Fsp3) is 0.150. The van der Waals surface area contributed by atoms with E-state index in [1.54, 1.807) is 49.2 Å². The molecule has 0 N–H and O–H groups in total. The Balaban J connectivity index is 1.85. The smallest absolute Gasteiger partial charge is 0.263 e. The van der Waals surface area contributed by atoms with Crippen LogP contribution in [0.15, 0.2) is 51.9 Å². The Hall–Kier alpha value is -3.68. The molecule has 2 heterocycles. The monoisotopic (exact) mass is 381 g/mol. The van der Waals surface area contributed by atoms with Gasteiger partial charge < -0.3 is 18.6 Å². The third-order valence-corrected chi connectivity index (χ3v) is 4.46. The van der Waals surface area contributed by atoms with E-state index in [1.807, 2.05) is 0 Å². The van der Waals surface area contributed by atoms with E-state index in [1.165, 1.54) is 19.2 Å². The van der Waals surface area contributed by atoms with E-state index in [-0.39, 0.29) is 28.1 Å². The summed E-state index contributed by atoms with van der Waals surface area (Å²) in [7, 11) is 4.83. The predicted octanol–water partition coefficient (Wildman–Crippen LogP) is 3.41. The van der Waals surface area contributed by atoms with Crippen molar-refractivity contribution < 1.29 is 18.4 Å². The number of benzene rings is 2. The van der Waals surface area contributed by atoms with E-state index in [9.17, 15) is 9.18 Å². The van der Waals surface area contributed by atoms with E-state index in [0.29, 0.717) is 22.6 Å². The van der Waals surface area contributed by atoms with Crippen LogP contribution in [0.1, 0.15) is 0 Å². The highest BCUT2D eigenvalue weighted by Gasteiger charge is 2.19. The maximum absolute atomic E-state index is 13.6. The molecule has 4 rings (SSSR count). The van der Waals surface area contributed by atoms with E-state index < -0.39 is 5.82 Å². The van der Waals surface area contributed by atoms with Crippen LogP contribution < -0.4 is 14.9 Å². The second-order valence-electron chi connectivity index (χ2n) is 6.13. The molecule has 0 saturated heterocycles. The molecule has 0 fully saturated rings. The van der Waals surface area contributed by atoms with Crippen LogP contribution in [-0.2, 0) is 7.05 Å². The first-order chi connectivity index (χ1) is 13.5. The molecule has 0 spiro atoms. The molecule has 28 heavy (non-hydrogen) atoms. The SMILES string of the molecule is COc1ccc(-c2noc(-c3cn(C)c4ccc(F)cc4c3=O)n2)c(OC)c1. The second kappa shape index (κ2) is 6.80. The minimum atomic E-state index is -0.490. The molecule has 7 nitrogen and oxygen atoms in total. The van der Waals surface area contributed by atoms with Gasteiger partial charge in [0.1, 0.15) is 22.9 Å². The molecular formula is C20H16FN3O4. The number of rotatable bonds is 4. The minimum Gasteiger partial charge on any atom is -0.497 e. The van der Waals surface area contributed by atoms with Gasteiger partial charge in [-0.2, -0.15) is 4.98 Å². The average Bonchev–Trinajstić information content (AvgIpc) is 3.19. The lowest BCUT2D eigenvalue weighted by Crippen LogP contribution is -2.10. The quantitative estimate of drug-likeness (QED) is 0.539. The van der Waals surface area contributed by atoms with Gasteiger partial charge in [0.25, 0.3) is 5.89 Å². The first-order valence-electron chi connectivity index (χ1n) is 8.37. The molecule has 0 saturated carbocycles. The first-order valence-corrected chi connectivity index (χ1v) is 8.37. The van der Waals surface area contributed by atoms with Gasteiger partial charge in [0.15, 0.2) is 0 Å². The summed E-state index contributed by atoms with van der Waals surface area (Å²) < 4.78 is 31.2. The standard InChI is InChI=1S/C20H16FN3O4/c1-24-10-15(18(25)14-8-11(21)4-7-16(14)24)20-22-19(23-28-20)13-6-5-12(26-2)9-17(13)27-3/h4-10H,1-3H3. The fourth-order valence-corrected chi connectivity index (χ4v) is 3.04. The van der Waals surface area contributed by atoms with Crippen molar-refractivity contribution in [2.45, 2.75) is 0 Å². The Morgan fingerprint density at radius 2 is 1.89 bits per heavy atom. The number of aryl methyl sites for hydroxylation is 1. The zero-order chi connectivity index (χ0) is 19.8. The van der Waals surface area contributed by atoms with E-state index in [4.69, 9.17) is 14.0 Å². The topological polar surface area (TPSA) is 79.4 Å². The van der Waals surface area contributed by atoms with Crippen LogP contribution in [-0.4, -0.2) is 28.9 Å². The van der Waals surface area contributed by atoms with Crippen LogP contribution >= 0.6 is 0 Å². The number of aromatic nitrogens is 3. The summed E-state index contributed by atoms with van der Waals surface area (Å²) >= 11 is 0. The van der Waals surface area contributed by atoms with Gasteiger partial charge in [-0.05, 0) is 30.3 Å². The molecule has 0 unspecified atom stereocenters. The predicted molar refractivity (Wildman–Crippen MR) is 101 cm³/mol. The summed E-state index contributed by atoms with van der Waals surface area (Å²) in [5.74, 6) is 0.932. The summed E-state index contributed by atoms with van der Waals surface area (Å²) in [6.07, 6.45) is 1.59. The van der Waals surface area contributed by atoms with Crippen LogP contribution in [0, 0.1) is 5.82 Å². The lowest BCUT2D eigenvalue weighted by atomic mass is 10.1. The van der Waals surface area contributed by atoms with Gasteiger partial charge in [0.05, 0.1) is 25.3 Å². The molecule has 2 aromatic heterocycles. The molecule has 8 heteroatoms. The Labute approximate surface area is 158 Å². The van der Waals surface area contributed by atoms with E-state index >= 15 is 0 Å². The largest absolute Gasteiger partial charge is 0.497 e. The van der Waals surface area contributed by atoms with Crippen LogP contribution in [0.2, 0.25) is 0 Å². The molecule has 2 aromatic carbocycles. The fourth-order valence-electron chi connectivity index (χ4n) is 3.04. The van der Waals surface area contributed by atoms with Crippen molar-refractivity contribution >= 4 is 10.9 Å². The van der Waals surface area contributed by atoms with Gasteiger partial charge in [0, 0.05) is 24.7 Å². The molecule has 0 amide bonds. The Morgan fingerprint density at radius 3 is 2.64 bits per heavy atom. The average molecular weight is 381 g/mol. The highest BCUT2D eigenvalue weighted by atomic mass is 19.1. The molecular weight excluding hydrogens is 365 g/mol. The normalized spacial score (nSPS) is 11.0. The van der Waals surface area contributed by atoms with E-state index in [2.05, 4.69) is 10.1 Å². The summed E-state index contributed by atoms with van der Waals surface area (Å²) in [6, 6.07) is 9.24. The molecule has 0 bridgehead atoms. The molecule has 0 aliphatic rings. The van der Waals surface area contributed by atoms with Gasteiger partial charge in [0.2, 0.25) is 11.3 Å². The summed E-state index contributed by atoms with van der Waals surface area (Å²) in [5.41, 5.74) is 0.991. The van der Waals surface area contributed by atoms with Crippen LogP contribution in [0.25, 0.3) is 33.7 Å². The molecule has 142 valence electrons. The molecule has 0 aliphatic carbocycles. The maximum Gasteiger partial charge on any atom is 0.263 e. The summed E-state index contributed by atoms with van der Waals surface area (Å²) in [5, 5.41) is 4.20. The Kier molecular flexibility index (Phi) is 4.31. The number of halogens is 1. The van der Waals surface area contributed by atoms with Crippen molar-refractivity contribution in [3.05, 3.63) is 58.6 Å². The summed E-state index contributed by atoms with van der Waals surface area (Å²) in [6.45, 7) is 0. The highest BCUT2D eigenvalue weighted by Crippen LogP contribution is 2.32. The second-order valence-corrected chi connectivity index (χ2v) is 6.13. The van der Waals surface area contributed by atoms with Crippen molar-refractivity contribution in [3.8, 4) is 34.3 Å². The van der Waals surface area contributed by atoms with Gasteiger partial charge >= 0.3 is 0 Å². The number of methoxy groups -OCH3 is 2. The highest BCUT2D eigenvalue weighted by molar-refractivity contribution is 5.83.